The molecule has 1 aliphatic rings. The molecule has 1 aliphatic heterocycles. The molecule has 5 heteroatoms. The number of rotatable bonds is 4. The second kappa shape index (κ2) is 5.12. The Morgan fingerprint density at radius 2 is 2.62 bits per heavy atom. The van der Waals surface area contributed by atoms with Crippen molar-refractivity contribution in [1.29, 1.82) is 0 Å². The third-order valence-corrected chi connectivity index (χ3v) is 2.85. The highest BCUT2D eigenvalue weighted by atomic mass is 16.5. The summed E-state index contributed by atoms with van der Waals surface area (Å²) < 4.78 is 5.41. The van der Waals surface area contributed by atoms with Crippen LogP contribution in [0.1, 0.15) is 30.5 Å². The van der Waals surface area contributed by atoms with Gasteiger partial charge in [0.15, 0.2) is 0 Å². The summed E-state index contributed by atoms with van der Waals surface area (Å²) in [6, 6.07) is 0. The molecule has 1 aromatic rings. The number of hydrogen-bond donors (Lipinski definition) is 2. The summed E-state index contributed by atoms with van der Waals surface area (Å²) in [6.07, 6.45) is 4.39. The number of amides is 1. The van der Waals surface area contributed by atoms with E-state index in [1.54, 1.807) is 6.20 Å². The van der Waals surface area contributed by atoms with Gasteiger partial charge in [-0.15, -0.1) is 0 Å². The van der Waals surface area contributed by atoms with Gasteiger partial charge in [0.1, 0.15) is 0 Å². The topological polar surface area (TPSA) is 67.0 Å². The summed E-state index contributed by atoms with van der Waals surface area (Å²) in [7, 11) is 0. The van der Waals surface area contributed by atoms with Crippen molar-refractivity contribution >= 4 is 5.91 Å². The van der Waals surface area contributed by atoms with Gasteiger partial charge in [-0.25, -0.2) is 0 Å². The largest absolute Gasteiger partial charge is 0.378 e. The Morgan fingerprint density at radius 3 is 3.25 bits per heavy atom. The molecule has 2 heterocycles. The summed E-state index contributed by atoms with van der Waals surface area (Å²) in [5, 5.41) is 9.62. The Balaban J connectivity index is 1.73. The van der Waals surface area contributed by atoms with Gasteiger partial charge >= 0.3 is 0 Å². The number of nitrogens with one attached hydrogen (secondary N) is 2. The molecule has 1 unspecified atom stereocenters. The number of aryl methyl sites for hydroxylation is 1. The zero-order valence-corrected chi connectivity index (χ0v) is 9.45. The molecule has 0 aliphatic carbocycles. The third-order valence-electron chi connectivity index (χ3n) is 2.85. The molecule has 2 N–H and O–H groups in total. The summed E-state index contributed by atoms with van der Waals surface area (Å²) in [6.45, 7) is 3.27. The minimum Gasteiger partial charge on any atom is -0.378 e. The third kappa shape index (κ3) is 2.82. The van der Waals surface area contributed by atoms with E-state index in [2.05, 4.69) is 15.5 Å². The fourth-order valence-corrected chi connectivity index (χ4v) is 1.83. The Bertz CT molecular complexity index is 356. The summed E-state index contributed by atoms with van der Waals surface area (Å²) in [4.78, 5) is 11.6. The van der Waals surface area contributed by atoms with Crippen LogP contribution < -0.4 is 5.32 Å². The van der Waals surface area contributed by atoms with Gasteiger partial charge in [0.05, 0.1) is 18.7 Å². The first-order chi connectivity index (χ1) is 7.75. The van der Waals surface area contributed by atoms with Crippen molar-refractivity contribution in [3.05, 3.63) is 17.5 Å². The number of carbonyl (C=O) groups is 1. The molecule has 0 spiro atoms. The van der Waals surface area contributed by atoms with E-state index in [1.165, 1.54) is 0 Å². The van der Waals surface area contributed by atoms with Crippen molar-refractivity contribution in [3.63, 3.8) is 0 Å². The van der Waals surface area contributed by atoms with E-state index in [1.807, 2.05) is 6.92 Å². The minimum absolute atomic E-state index is 0.0486. The van der Waals surface area contributed by atoms with Crippen LogP contribution in [0.4, 0.5) is 0 Å². The molecule has 88 valence electrons. The lowest BCUT2D eigenvalue weighted by Gasteiger charge is -2.09. The smallest absolute Gasteiger partial charge is 0.222 e. The van der Waals surface area contributed by atoms with E-state index >= 15 is 0 Å². The van der Waals surface area contributed by atoms with Crippen molar-refractivity contribution in [2.24, 2.45) is 0 Å². The van der Waals surface area contributed by atoms with Crippen molar-refractivity contribution in [1.82, 2.24) is 15.5 Å². The van der Waals surface area contributed by atoms with E-state index in [-0.39, 0.29) is 12.0 Å². The number of aromatic nitrogens is 2. The highest BCUT2D eigenvalue weighted by Crippen LogP contribution is 2.15. The number of ether oxygens (including phenoxy) is 1. The fourth-order valence-electron chi connectivity index (χ4n) is 1.83. The van der Waals surface area contributed by atoms with Gasteiger partial charge < -0.3 is 10.1 Å². The first-order valence-corrected chi connectivity index (χ1v) is 5.63. The lowest BCUT2D eigenvalue weighted by molar-refractivity contribution is -0.123. The van der Waals surface area contributed by atoms with E-state index in [9.17, 15) is 4.79 Å². The van der Waals surface area contributed by atoms with E-state index in [0.717, 1.165) is 30.7 Å². The second-order valence-corrected chi connectivity index (χ2v) is 4.14. The van der Waals surface area contributed by atoms with Gasteiger partial charge in [0, 0.05) is 24.4 Å². The molecule has 0 radical (unpaired) electrons. The van der Waals surface area contributed by atoms with Crippen LogP contribution >= 0.6 is 0 Å². The van der Waals surface area contributed by atoms with E-state index in [4.69, 9.17) is 4.74 Å². The molecule has 16 heavy (non-hydrogen) atoms. The molecule has 0 saturated carbocycles. The fraction of sp³-hybridized carbons (Fsp3) is 0.636. The summed E-state index contributed by atoms with van der Waals surface area (Å²) >= 11 is 0. The van der Waals surface area contributed by atoms with Gasteiger partial charge in [-0.2, -0.15) is 5.10 Å². The molecule has 1 amide bonds. The summed E-state index contributed by atoms with van der Waals surface area (Å²) in [5.74, 6) is 0.0486. The van der Waals surface area contributed by atoms with Gasteiger partial charge in [0.25, 0.3) is 0 Å². The average molecular weight is 223 g/mol. The van der Waals surface area contributed by atoms with Crippen molar-refractivity contribution < 1.29 is 9.53 Å². The highest BCUT2D eigenvalue weighted by Gasteiger charge is 2.18. The maximum Gasteiger partial charge on any atom is 0.222 e. The average Bonchev–Trinajstić information content (AvgIpc) is 2.87. The van der Waals surface area contributed by atoms with Crippen molar-refractivity contribution in [2.45, 2.75) is 38.8 Å². The Kier molecular flexibility index (Phi) is 3.56. The first-order valence-electron chi connectivity index (χ1n) is 5.63. The van der Waals surface area contributed by atoms with Crippen LogP contribution in [-0.2, 0) is 16.1 Å². The van der Waals surface area contributed by atoms with Gasteiger partial charge in [-0.3, -0.25) is 9.89 Å². The number of H-pyrrole nitrogens is 1. The number of hydrogen-bond acceptors (Lipinski definition) is 3. The predicted octanol–water partition coefficient (Wildman–Crippen LogP) is 0.903. The summed E-state index contributed by atoms with van der Waals surface area (Å²) in [5.41, 5.74) is 2.03. The van der Waals surface area contributed by atoms with Crippen LogP contribution in [0.5, 0.6) is 0 Å². The SMILES string of the molecule is Cc1[nH]ncc1CNC(=O)CC1CCCO1. The number of nitrogens with zero attached hydrogens (tertiary/aromatic N) is 1. The van der Waals surface area contributed by atoms with Crippen LogP contribution in [0.25, 0.3) is 0 Å². The monoisotopic (exact) mass is 223 g/mol. The van der Waals surface area contributed by atoms with Gasteiger partial charge in [0.2, 0.25) is 5.91 Å². The quantitative estimate of drug-likeness (QED) is 0.797. The Hall–Kier alpha value is -1.36. The second-order valence-electron chi connectivity index (χ2n) is 4.14. The molecule has 1 atom stereocenters. The van der Waals surface area contributed by atoms with Crippen LogP contribution in [0, 0.1) is 6.92 Å². The van der Waals surface area contributed by atoms with Crippen LogP contribution in [0.2, 0.25) is 0 Å². The van der Waals surface area contributed by atoms with Gasteiger partial charge in [-0.05, 0) is 19.8 Å². The first kappa shape index (κ1) is 11.1. The standard InChI is InChI=1S/C11H17N3O2/c1-8-9(7-13-14-8)6-12-11(15)5-10-3-2-4-16-10/h7,10H,2-6H2,1H3,(H,12,15)(H,13,14). The normalized spacial score (nSPS) is 19.9. The zero-order chi connectivity index (χ0) is 11.4. The minimum atomic E-state index is 0.0486. The van der Waals surface area contributed by atoms with Crippen LogP contribution in [-0.4, -0.2) is 28.8 Å². The number of aromatic amines is 1. The Labute approximate surface area is 94.6 Å². The van der Waals surface area contributed by atoms with Crippen LogP contribution in [0.3, 0.4) is 0 Å². The molecular weight excluding hydrogens is 206 g/mol. The number of carbonyl (C=O) groups excluding carboxylic acids is 1. The molecule has 0 aromatic carbocycles. The molecule has 5 nitrogen and oxygen atoms in total. The molecule has 1 aromatic heterocycles. The molecule has 0 bridgehead atoms. The maximum absolute atomic E-state index is 11.6. The maximum atomic E-state index is 11.6. The Morgan fingerprint density at radius 1 is 1.75 bits per heavy atom. The van der Waals surface area contributed by atoms with Crippen molar-refractivity contribution in [3.8, 4) is 0 Å². The molecular formula is C11H17N3O2. The van der Waals surface area contributed by atoms with Crippen molar-refractivity contribution in [2.75, 3.05) is 6.61 Å². The van der Waals surface area contributed by atoms with E-state index in [0.29, 0.717) is 13.0 Å². The van der Waals surface area contributed by atoms with E-state index < -0.39 is 0 Å². The van der Waals surface area contributed by atoms with Gasteiger partial charge in [-0.1, -0.05) is 0 Å². The molecule has 1 saturated heterocycles. The highest BCUT2D eigenvalue weighted by molar-refractivity contribution is 5.76. The predicted molar refractivity (Wildman–Crippen MR) is 58.8 cm³/mol. The van der Waals surface area contributed by atoms with Crippen LogP contribution in [0.15, 0.2) is 6.20 Å². The zero-order valence-electron chi connectivity index (χ0n) is 9.45. The molecule has 2 rings (SSSR count). The molecule has 1 fully saturated rings. The lowest BCUT2D eigenvalue weighted by Crippen LogP contribution is -2.26. The lowest BCUT2D eigenvalue weighted by atomic mass is 10.1.